The molecule has 1 fully saturated rings. The Bertz CT molecular complexity index is 453. The summed E-state index contributed by atoms with van der Waals surface area (Å²) in [6.07, 6.45) is 2.63. The van der Waals surface area contributed by atoms with Gasteiger partial charge in [-0.25, -0.2) is 0 Å². The number of hydrogen-bond donors (Lipinski definition) is 2. The van der Waals surface area contributed by atoms with E-state index >= 15 is 0 Å². The minimum Gasteiger partial charge on any atom is -0.493 e. The minimum atomic E-state index is 0.0716. The average molecular weight is 248 g/mol. The van der Waals surface area contributed by atoms with E-state index < -0.39 is 0 Å². The Hall–Kier alpha value is -1.71. The third kappa shape index (κ3) is 3.39. The first-order valence-electron chi connectivity index (χ1n) is 6.35. The van der Waals surface area contributed by atoms with Gasteiger partial charge in [-0.2, -0.15) is 0 Å². The van der Waals surface area contributed by atoms with Crippen LogP contribution in [0.5, 0.6) is 5.75 Å². The zero-order valence-electron chi connectivity index (χ0n) is 11.0. The highest BCUT2D eigenvalue weighted by atomic mass is 16.5. The van der Waals surface area contributed by atoms with Crippen molar-refractivity contribution in [2.75, 3.05) is 12.3 Å². The molecule has 1 saturated carbocycles. The van der Waals surface area contributed by atoms with Crippen LogP contribution >= 0.6 is 0 Å². The molecule has 0 saturated heterocycles. The molecule has 3 N–H and O–H groups in total. The van der Waals surface area contributed by atoms with Crippen LogP contribution in [0, 0.1) is 13.8 Å². The number of amides is 1. The van der Waals surface area contributed by atoms with E-state index in [2.05, 4.69) is 5.32 Å². The first-order chi connectivity index (χ1) is 8.56. The molecule has 0 atom stereocenters. The Kier molecular flexibility index (Phi) is 3.75. The van der Waals surface area contributed by atoms with Gasteiger partial charge < -0.3 is 15.8 Å². The van der Waals surface area contributed by atoms with Crippen molar-refractivity contribution in [1.29, 1.82) is 0 Å². The maximum atomic E-state index is 11.5. The van der Waals surface area contributed by atoms with Gasteiger partial charge in [0.2, 0.25) is 5.91 Å². The number of ether oxygens (including phenoxy) is 1. The fraction of sp³-hybridized carbons (Fsp3) is 0.500. The Balaban J connectivity index is 1.82. The van der Waals surface area contributed by atoms with Crippen LogP contribution in [0.25, 0.3) is 0 Å². The number of carbonyl (C=O) groups excluding carboxylic acids is 1. The van der Waals surface area contributed by atoms with Crippen LogP contribution in [0.2, 0.25) is 0 Å². The van der Waals surface area contributed by atoms with Crippen molar-refractivity contribution in [2.24, 2.45) is 0 Å². The number of carbonyl (C=O) groups is 1. The van der Waals surface area contributed by atoms with E-state index in [9.17, 15) is 4.79 Å². The number of rotatable bonds is 5. The summed E-state index contributed by atoms with van der Waals surface area (Å²) >= 11 is 0. The predicted octanol–water partition coefficient (Wildman–Crippen LogP) is 1.93. The fourth-order valence-corrected chi connectivity index (χ4v) is 1.75. The van der Waals surface area contributed by atoms with Crippen LogP contribution in [0.15, 0.2) is 12.1 Å². The van der Waals surface area contributed by atoms with E-state index in [0.29, 0.717) is 19.1 Å². The number of hydrogen-bond acceptors (Lipinski definition) is 3. The third-order valence-electron chi connectivity index (χ3n) is 3.09. The molecule has 0 heterocycles. The SMILES string of the molecule is Cc1cc(OCCC(=O)NC2CC2)c(C)cc1N. The van der Waals surface area contributed by atoms with Gasteiger partial charge >= 0.3 is 0 Å². The molecule has 98 valence electrons. The molecular weight excluding hydrogens is 228 g/mol. The molecule has 1 aliphatic rings. The summed E-state index contributed by atoms with van der Waals surface area (Å²) in [5.74, 6) is 0.878. The lowest BCUT2D eigenvalue weighted by Crippen LogP contribution is -2.26. The Morgan fingerprint density at radius 1 is 1.39 bits per heavy atom. The monoisotopic (exact) mass is 248 g/mol. The first kappa shape index (κ1) is 12.7. The third-order valence-corrected chi connectivity index (χ3v) is 3.09. The molecule has 1 aliphatic carbocycles. The van der Waals surface area contributed by atoms with Gasteiger partial charge in [0.1, 0.15) is 5.75 Å². The molecule has 0 spiro atoms. The van der Waals surface area contributed by atoms with Crippen LogP contribution < -0.4 is 15.8 Å². The van der Waals surface area contributed by atoms with Gasteiger partial charge in [0.05, 0.1) is 13.0 Å². The number of anilines is 1. The maximum absolute atomic E-state index is 11.5. The molecule has 0 bridgehead atoms. The lowest BCUT2D eigenvalue weighted by Gasteiger charge is -2.11. The largest absolute Gasteiger partial charge is 0.493 e. The average Bonchev–Trinajstić information content (AvgIpc) is 3.09. The van der Waals surface area contributed by atoms with Gasteiger partial charge in [-0.05, 0) is 49.9 Å². The topological polar surface area (TPSA) is 64.3 Å². The smallest absolute Gasteiger partial charge is 0.223 e. The molecule has 4 heteroatoms. The van der Waals surface area contributed by atoms with Crippen molar-refractivity contribution >= 4 is 11.6 Å². The van der Waals surface area contributed by atoms with Crippen LogP contribution in [-0.4, -0.2) is 18.6 Å². The molecule has 18 heavy (non-hydrogen) atoms. The summed E-state index contributed by atoms with van der Waals surface area (Å²) in [4.78, 5) is 11.5. The highest BCUT2D eigenvalue weighted by molar-refractivity contribution is 5.76. The summed E-state index contributed by atoms with van der Waals surface area (Å²) in [6.45, 7) is 4.31. The molecule has 1 amide bonds. The van der Waals surface area contributed by atoms with E-state index in [4.69, 9.17) is 10.5 Å². The summed E-state index contributed by atoms with van der Waals surface area (Å²) in [5.41, 5.74) is 8.58. The maximum Gasteiger partial charge on any atom is 0.223 e. The molecule has 0 aliphatic heterocycles. The van der Waals surface area contributed by atoms with E-state index in [1.165, 1.54) is 0 Å². The highest BCUT2D eigenvalue weighted by Gasteiger charge is 2.22. The van der Waals surface area contributed by atoms with Gasteiger partial charge in [-0.1, -0.05) is 0 Å². The lowest BCUT2D eigenvalue weighted by molar-refractivity contribution is -0.121. The van der Waals surface area contributed by atoms with E-state index in [0.717, 1.165) is 35.4 Å². The molecule has 4 nitrogen and oxygen atoms in total. The number of benzene rings is 1. The molecule has 1 aromatic rings. The molecule has 1 aromatic carbocycles. The van der Waals surface area contributed by atoms with Crippen molar-refractivity contribution < 1.29 is 9.53 Å². The molecule has 0 aromatic heterocycles. The van der Waals surface area contributed by atoms with Gasteiger partial charge in [0.15, 0.2) is 0 Å². The number of aryl methyl sites for hydroxylation is 2. The first-order valence-corrected chi connectivity index (χ1v) is 6.35. The second kappa shape index (κ2) is 5.29. The van der Waals surface area contributed by atoms with E-state index in [1.807, 2.05) is 26.0 Å². The molecule has 0 radical (unpaired) electrons. The van der Waals surface area contributed by atoms with Gasteiger partial charge in [0.25, 0.3) is 0 Å². The van der Waals surface area contributed by atoms with Gasteiger partial charge in [-0.3, -0.25) is 4.79 Å². The van der Waals surface area contributed by atoms with Crippen molar-refractivity contribution in [3.63, 3.8) is 0 Å². The van der Waals surface area contributed by atoms with Crippen molar-refractivity contribution in [3.05, 3.63) is 23.3 Å². The molecule has 0 unspecified atom stereocenters. The van der Waals surface area contributed by atoms with Gasteiger partial charge in [0, 0.05) is 11.7 Å². The quantitative estimate of drug-likeness (QED) is 0.783. The number of nitrogen functional groups attached to an aromatic ring is 1. The van der Waals surface area contributed by atoms with Crippen LogP contribution in [0.1, 0.15) is 30.4 Å². The standard InChI is InChI=1S/C14H20N2O2/c1-9-8-13(10(2)7-12(9)15)18-6-5-14(17)16-11-3-4-11/h7-8,11H,3-6,15H2,1-2H3,(H,16,17). The zero-order valence-corrected chi connectivity index (χ0v) is 11.0. The number of nitrogens with two attached hydrogens (primary N) is 1. The van der Waals surface area contributed by atoms with Crippen LogP contribution in [0.4, 0.5) is 5.69 Å². The fourth-order valence-electron chi connectivity index (χ4n) is 1.75. The summed E-state index contributed by atoms with van der Waals surface area (Å²) < 4.78 is 5.63. The predicted molar refractivity (Wildman–Crippen MR) is 71.6 cm³/mol. The molecule has 2 rings (SSSR count). The van der Waals surface area contributed by atoms with Crippen LogP contribution in [-0.2, 0) is 4.79 Å². The Labute approximate surface area is 108 Å². The highest BCUT2D eigenvalue weighted by Crippen LogP contribution is 2.24. The molecular formula is C14H20N2O2. The van der Waals surface area contributed by atoms with E-state index in [1.54, 1.807) is 0 Å². The van der Waals surface area contributed by atoms with Crippen molar-refractivity contribution in [3.8, 4) is 5.75 Å². The van der Waals surface area contributed by atoms with Crippen molar-refractivity contribution in [2.45, 2.75) is 39.2 Å². The second-order valence-corrected chi connectivity index (χ2v) is 4.91. The lowest BCUT2D eigenvalue weighted by atomic mass is 10.1. The van der Waals surface area contributed by atoms with Crippen molar-refractivity contribution in [1.82, 2.24) is 5.32 Å². The second-order valence-electron chi connectivity index (χ2n) is 4.91. The summed E-state index contributed by atoms with van der Waals surface area (Å²) in [5, 5.41) is 2.94. The summed E-state index contributed by atoms with van der Waals surface area (Å²) in [7, 11) is 0. The number of nitrogens with one attached hydrogen (secondary N) is 1. The van der Waals surface area contributed by atoms with Gasteiger partial charge in [-0.15, -0.1) is 0 Å². The van der Waals surface area contributed by atoms with Crippen LogP contribution in [0.3, 0.4) is 0 Å². The normalized spacial score (nSPS) is 14.3. The minimum absolute atomic E-state index is 0.0716. The Morgan fingerprint density at radius 3 is 2.78 bits per heavy atom. The van der Waals surface area contributed by atoms with E-state index in [-0.39, 0.29) is 5.91 Å². The zero-order chi connectivity index (χ0) is 13.1. The summed E-state index contributed by atoms with van der Waals surface area (Å²) in [6, 6.07) is 4.23. The Morgan fingerprint density at radius 2 is 2.11 bits per heavy atom.